The minimum absolute atomic E-state index is 0.561. The second-order valence-electron chi connectivity index (χ2n) is 5.45. The SMILES string of the molecule is O=[N+]([O-])OCC(COc1ccc([N+](=O)[O-])cc1[N+](=O)[O-])(CO[N+](=O)[O-])CO[N+](=O)[O-]. The van der Waals surface area contributed by atoms with Gasteiger partial charge in [0.1, 0.15) is 19.8 Å². The van der Waals surface area contributed by atoms with E-state index in [4.69, 9.17) is 4.74 Å². The average Bonchev–Trinajstić information content (AvgIpc) is 2.66. The first-order chi connectivity index (χ1) is 14.0. The fourth-order valence-electron chi connectivity index (χ4n) is 1.93. The molecule has 1 aromatic carbocycles. The normalized spacial score (nSPS) is 10.5. The minimum Gasteiger partial charge on any atom is -0.486 e. The molecular weight excluding hydrogens is 426 g/mol. The van der Waals surface area contributed by atoms with Gasteiger partial charge in [0.15, 0.2) is 5.75 Å². The maximum Gasteiger partial charge on any atom is 0.317 e. The molecule has 0 unspecified atom stereocenters. The third-order valence-corrected chi connectivity index (χ3v) is 3.31. The van der Waals surface area contributed by atoms with Gasteiger partial charge >= 0.3 is 5.69 Å². The van der Waals surface area contributed by atoms with E-state index in [0.29, 0.717) is 6.07 Å². The monoisotopic (exact) mass is 437 g/mol. The summed E-state index contributed by atoms with van der Waals surface area (Å²) in [4.78, 5) is 63.7. The molecule has 1 rings (SSSR count). The lowest BCUT2D eigenvalue weighted by atomic mass is 9.92. The van der Waals surface area contributed by atoms with E-state index < -0.39 is 74.1 Å². The van der Waals surface area contributed by atoms with Crippen LogP contribution in [-0.4, -0.2) is 51.5 Å². The first kappa shape index (κ1) is 23.5. The van der Waals surface area contributed by atoms with Crippen molar-refractivity contribution in [2.24, 2.45) is 5.41 Å². The summed E-state index contributed by atoms with van der Waals surface area (Å²) in [5.74, 6) is -0.571. The van der Waals surface area contributed by atoms with Crippen molar-refractivity contribution in [3.8, 4) is 5.75 Å². The van der Waals surface area contributed by atoms with E-state index in [1.807, 2.05) is 0 Å². The highest BCUT2D eigenvalue weighted by molar-refractivity contribution is 5.53. The zero-order valence-electron chi connectivity index (χ0n) is 14.5. The average molecular weight is 437 g/mol. The second-order valence-corrected chi connectivity index (χ2v) is 5.45. The van der Waals surface area contributed by atoms with Crippen LogP contribution >= 0.6 is 0 Å². The molecule has 0 aliphatic carbocycles. The molecule has 19 nitrogen and oxygen atoms in total. The van der Waals surface area contributed by atoms with E-state index >= 15 is 0 Å². The third kappa shape index (κ3) is 7.21. The van der Waals surface area contributed by atoms with Gasteiger partial charge in [-0.2, -0.15) is 0 Å². The molecule has 0 heterocycles. The van der Waals surface area contributed by atoms with Crippen LogP contribution in [0.5, 0.6) is 5.75 Å². The van der Waals surface area contributed by atoms with E-state index in [0.717, 1.165) is 12.1 Å². The summed E-state index contributed by atoms with van der Waals surface area (Å²) in [6.45, 7) is -4.06. The Bertz CT molecular complexity index is 798. The fourth-order valence-corrected chi connectivity index (χ4v) is 1.93. The van der Waals surface area contributed by atoms with Crippen molar-refractivity contribution in [2.75, 3.05) is 26.4 Å². The van der Waals surface area contributed by atoms with Gasteiger partial charge < -0.3 is 19.2 Å². The van der Waals surface area contributed by atoms with Gasteiger partial charge in [0.2, 0.25) is 0 Å². The zero-order valence-corrected chi connectivity index (χ0v) is 14.5. The summed E-state index contributed by atoms with van der Waals surface area (Å²) in [6.07, 6.45) is 0. The Labute approximate surface area is 163 Å². The fraction of sp³-hybridized carbons (Fsp3) is 0.455. The highest BCUT2D eigenvalue weighted by atomic mass is 17.0. The standard InChI is InChI=1S/C11H11N5O14/c17-12(18)8-1-2-10(9(3-8)13(19)20)27-4-11(5-28-14(21)22,6-29-15(23)24)7-30-16(25)26/h1-3H,4-7H2. The van der Waals surface area contributed by atoms with Crippen molar-refractivity contribution < 1.29 is 44.4 Å². The quantitative estimate of drug-likeness (QED) is 0.283. The van der Waals surface area contributed by atoms with Crippen LogP contribution in [0.2, 0.25) is 0 Å². The molecule has 0 saturated heterocycles. The molecule has 0 aromatic heterocycles. The van der Waals surface area contributed by atoms with Gasteiger partial charge in [-0.1, -0.05) is 0 Å². The highest BCUT2D eigenvalue weighted by Crippen LogP contribution is 2.32. The lowest BCUT2D eigenvalue weighted by Crippen LogP contribution is -2.44. The van der Waals surface area contributed by atoms with Crippen LogP contribution in [0.3, 0.4) is 0 Å². The summed E-state index contributed by atoms with van der Waals surface area (Å²) in [5, 5.41) is 49.4. The van der Waals surface area contributed by atoms with E-state index in [-0.39, 0.29) is 0 Å². The summed E-state index contributed by atoms with van der Waals surface area (Å²) < 4.78 is 5.12. The van der Waals surface area contributed by atoms with Crippen molar-refractivity contribution in [2.45, 2.75) is 0 Å². The molecule has 30 heavy (non-hydrogen) atoms. The van der Waals surface area contributed by atoms with E-state index in [9.17, 15) is 50.6 Å². The molecule has 0 radical (unpaired) electrons. The Morgan fingerprint density at radius 3 is 1.53 bits per heavy atom. The Morgan fingerprint density at radius 1 is 0.700 bits per heavy atom. The summed E-state index contributed by atoms with van der Waals surface area (Å²) in [7, 11) is 0. The number of hydrogen-bond acceptors (Lipinski definition) is 14. The predicted molar refractivity (Wildman–Crippen MR) is 86.5 cm³/mol. The van der Waals surface area contributed by atoms with Crippen LogP contribution in [-0.2, 0) is 14.5 Å². The number of hydrogen-bond donors (Lipinski definition) is 0. The lowest BCUT2D eigenvalue weighted by Gasteiger charge is -2.30. The van der Waals surface area contributed by atoms with Crippen molar-refractivity contribution in [1.29, 1.82) is 0 Å². The molecule has 0 aliphatic heterocycles. The molecule has 19 heteroatoms. The number of nitro benzene ring substituents is 2. The van der Waals surface area contributed by atoms with Gasteiger partial charge in [-0.25, -0.2) is 0 Å². The lowest BCUT2D eigenvalue weighted by molar-refractivity contribution is -0.782. The second kappa shape index (κ2) is 10.1. The Hall–Kier alpha value is -4.58. The number of rotatable bonds is 14. The van der Waals surface area contributed by atoms with Crippen LogP contribution in [0.15, 0.2) is 18.2 Å². The third-order valence-electron chi connectivity index (χ3n) is 3.31. The molecule has 164 valence electrons. The first-order valence-corrected chi connectivity index (χ1v) is 7.33. The summed E-state index contributed by atoms with van der Waals surface area (Å²) >= 11 is 0. The highest BCUT2D eigenvalue weighted by Gasteiger charge is 2.37. The Balaban J connectivity index is 3.21. The molecule has 0 atom stereocenters. The van der Waals surface area contributed by atoms with Crippen LogP contribution in [0, 0.1) is 56.0 Å². The number of ether oxygens (including phenoxy) is 1. The van der Waals surface area contributed by atoms with Crippen LogP contribution < -0.4 is 4.74 Å². The Morgan fingerprint density at radius 2 is 1.17 bits per heavy atom. The van der Waals surface area contributed by atoms with E-state index in [1.165, 1.54) is 0 Å². The zero-order chi connectivity index (χ0) is 22.9. The minimum atomic E-state index is -2.05. The molecule has 0 fully saturated rings. The maximum absolute atomic E-state index is 11.1. The van der Waals surface area contributed by atoms with Crippen molar-refractivity contribution in [3.63, 3.8) is 0 Å². The number of nitrogens with zero attached hydrogens (tertiary/aromatic N) is 5. The maximum atomic E-state index is 11.1. The molecule has 0 bridgehead atoms. The van der Waals surface area contributed by atoms with Gasteiger partial charge in [-0.05, 0) is 6.07 Å². The van der Waals surface area contributed by atoms with E-state index in [1.54, 1.807) is 0 Å². The largest absolute Gasteiger partial charge is 0.486 e. The van der Waals surface area contributed by atoms with Gasteiger partial charge in [0, 0.05) is 6.07 Å². The molecule has 1 aromatic rings. The van der Waals surface area contributed by atoms with Crippen LogP contribution in [0.25, 0.3) is 0 Å². The van der Waals surface area contributed by atoms with Gasteiger partial charge in [-0.3, -0.25) is 20.2 Å². The van der Waals surface area contributed by atoms with Crippen molar-refractivity contribution in [3.05, 3.63) is 68.8 Å². The van der Waals surface area contributed by atoms with Crippen LogP contribution in [0.4, 0.5) is 11.4 Å². The number of nitro groups is 2. The molecule has 0 amide bonds. The molecular formula is C11H11N5O14. The van der Waals surface area contributed by atoms with Gasteiger partial charge in [0.25, 0.3) is 20.9 Å². The summed E-state index contributed by atoms with van der Waals surface area (Å²) in [6, 6.07) is 2.24. The molecule has 0 saturated carbocycles. The number of benzene rings is 1. The summed E-state index contributed by atoms with van der Waals surface area (Å²) in [5.41, 5.74) is -3.58. The molecule has 0 spiro atoms. The predicted octanol–water partition coefficient (Wildman–Crippen LogP) is 0.493. The molecule has 0 aliphatic rings. The van der Waals surface area contributed by atoms with E-state index in [2.05, 4.69) is 14.5 Å². The van der Waals surface area contributed by atoms with Crippen molar-refractivity contribution in [1.82, 2.24) is 0 Å². The van der Waals surface area contributed by atoms with Crippen molar-refractivity contribution >= 4 is 11.4 Å². The van der Waals surface area contributed by atoms with Gasteiger partial charge in [-0.15, -0.1) is 30.3 Å². The van der Waals surface area contributed by atoms with Gasteiger partial charge in [0.05, 0.1) is 27.9 Å². The number of non-ortho nitro benzene ring substituents is 1. The topological polar surface area (TPSA) is 253 Å². The van der Waals surface area contributed by atoms with Crippen LogP contribution in [0.1, 0.15) is 0 Å². The molecule has 0 N–H and O–H groups in total. The Kier molecular flexibility index (Phi) is 7.90. The first-order valence-electron chi connectivity index (χ1n) is 7.33. The smallest absolute Gasteiger partial charge is 0.317 e.